The van der Waals surface area contributed by atoms with Gasteiger partial charge in [-0.1, -0.05) is 19.4 Å². The van der Waals surface area contributed by atoms with Crippen LogP contribution in [0.4, 0.5) is 0 Å². The fourth-order valence-electron chi connectivity index (χ4n) is 5.70. The number of hydrogen-bond donors (Lipinski definition) is 0. The lowest BCUT2D eigenvalue weighted by Crippen LogP contribution is -2.38. The minimum Gasteiger partial charge on any atom is -0.493 e. The molecule has 41 heavy (non-hydrogen) atoms. The Morgan fingerprint density at radius 1 is 0.976 bits per heavy atom. The molecule has 0 aromatic heterocycles. The molecule has 9 heteroatoms. The minimum absolute atomic E-state index is 0.0384. The standard InChI is InChI=1S/C32H38BrNO7/c1-7-9-12-41-32(36)28-18(3)34-23-14-20(19-10-11-25(37-4)26(16-19)38-5)15-24(35)30(23)29(28)21-13-22(33)31(39-6)27(17-21)40-8-2/h10-11,13,16-17,20,28-29H,7-9,12,14-15H2,1-6H3/t20-,28?,29-/m1/s1. The molecule has 0 amide bonds. The number of esters is 1. The maximum atomic E-state index is 14.0. The molecule has 1 aliphatic heterocycles. The van der Waals surface area contributed by atoms with Crippen molar-refractivity contribution in [2.75, 3.05) is 34.5 Å². The zero-order valence-electron chi connectivity index (χ0n) is 24.5. The molecular weight excluding hydrogens is 590 g/mol. The van der Waals surface area contributed by atoms with E-state index < -0.39 is 11.8 Å². The average molecular weight is 629 g/mol. The molecule has 8 nitrogen and oxygen atoms in total. The SMILES string of the molecule is CCCCOC(=O)C1C(C)=NC2=C(C(=O)C[C@H](c3ccc(OC)c(OC)c3)C2)[C@@H]1c1cc(Br)c(OC)c(OCC)c1. The molecule has 220 valence electrons. The van der Waals surface area contributed by atoms with E-state index in [2.05, 4.69) is 15.9 Å². The number of rotatable bonds is 11. The van der Waals surface area contributed by atoms with Crippen molar-refractivity contribution < 1.29 is 33.3 Å². The van der Waals surface area contributed by atoms with Gasteiger partial charge in [-0.25, -0.2) is 0 Å². The monoisotopic (exact) mass is 627 g/mol. The summed E-state index contributed by atoms with van der Waals surface area (Å²) in [6, 6.07) is 9.50. The number of ketones is 1. The molecule has 0 saturated carbocycles. The lowest BCUT2D eigenvalue weighted by atomic mass is 9.69. The first-order chi connectivity index (χ1) is 19.8. The summed E-state index contributed by atoms with van der Waals surface area (Å²) in [5.41, 5.74) is 3.62. The van der Waals surface area contributed by atoms with Gasteiger partial charge < -0.3 is 23.7 Å². The van der Waals surface area contributed by atoms with Gasteiger partial charge in [0.1, 0.15) is 5.92 Å². The Balaban J connectivity index is 1.82. The van der Waals surface area contributed by atoms with Gasteiger partial charge in [-0.3, -0.25) is 14.6 Å². The molecule has 3 atom stereocenters. The molecule has 0 N–H and O–H groups in total. The number of hydrogen-bond acceptors (Lipinski definition) is 8. The minimum atomic E-state index is -0.734. The molecule has 1 heterocycles. The van der Waals surface area contributed by atoms with Crippen molar-refractivity contribution >= 4 is 33.4 Å². The number of carbonyl (C=O) groups is 2. The highest BCUT2D eigenvalue weighted by molar-refractivity contribution is 9.10. The second kappa shape index (κ2) is 13.6. The van der Waals surface area contributed by atoms with Crippen LogP contribution in [0.25, 0.3) is 0 Å². The van der Waals surface area contributed by atoms with Crippen molar-refractivity contribution in [1.29, 1.82) is 0 Å². The van der Waals surface area contributed by atoms with Crippen LogP contribution >= 0.6 is 15.9 Å². The number of ether oxygens (including phenoxy) is 5. The summed E-state index contributed by atoms with van der Waals surface area (Å²) in [7, 11) is 4.76. The Morgan fingerprint density at radius 3 is 2.37 bits per heavy atom. The number of methoxy groups -OCH3 is 3. The van der Waals surface area contributed by atoms with Gasteiger partial charge in [0.05, 0.1) is 39.0 Å². The largest absolute Gasteiger partial charge is 0.493 e. The molecule has 0 spiro atoms. The zero-order chi connectivity index (χ0) is 29.7. The van der Waals surface area contributed by atoms with Crippen LogP contribution in [0.2, 0.25) is 0 Å². The molecule has 0 fully saturated rings. The van der Waals surface area contributed by atoms with Crippen molar-refractivity contribution in [3.05, 3.63) is 57.2 Å². The fraction of sp³-hybridized carbons (Fsp3) is 0.469. The number of carbonyl (C=O) groups excluding carboxylic acids is 2. The molecule has 4 rings (SSSR count). The smallest absolute Gasteiger partial charge is 0.315 e. The van der Waals surface area contributed by atoms with Gasteiger partial charge in [0.2, 0.25) is 0 Å². The Hall–Kier alpha value is -3.33. The molecule has 1 unspecified atom stereocenters. The van der Waals surface area contributed by atoms with Crippen LogP contribution in [0.5, 0.6) is 23.0 Å². The van der Waals surface area contributed by atoms with Gasteiger partial charge >= 0.3 is 5.97 Å². The van der Waals surface area contributed by atoms with E-state index in [-0.39, 0.29) is 24.1 Å². The quantitative estimate of drug-likeness (QED) is 0.200. The van der Waals surface area contributed by atoms with E-state index in [0.717, 1.165) is 24.0 Å². The van der Waals surface area contributed by atoms with Crippen LogP contribution in [0.1, 0.15) is 69.4 Å². The van der Waals surface area contributed by atoms with Gasteiger partial charge in [0.25, 0.3) is 0 Å². The lowest BCUT2D eigenvalue weighted by molar-refractivity contribution is -0.146. The highest BCUT2D eigenvalue weighted by Gasteiger charge is 2.45. The Bertz CT molecular complexity index is 1370. The topological polar surface area (TPSA) is 92.7 Å². The third-order valence-electron chi connectivity index (χ3n) is 7.66. The van der Waals surface area contributed by atoms with Crippen LogP contribution < -0.4 is 18.9 Å². The molecule has 2 aromatic rings. The van der Waals surface area contributed by atoms with Crippen molar-refractivity contribution in [2.24, 2.45) is 10.9 Å². The third-order valence-corrected chi connectivity index (χ3v) is 8.25. The van der Waals surface area contributed by atoms with E-state index in [0.29, 0.717) is 64.1 Å². The van der Waals surface area contributed by atoms with Gasteiger partial charge in [0.15, 0.2) is 28.8 Å². The number of nitrogens with zero attached hydrogens (tertiary/aromatic N) is 1. The summed E-state index contributed by atoms with van der Waals surface area (Å²) in [4.78, 5) is 32.5. The van der Waals surface area contributed by atoms with Crippen LogP contribution in [-0.2, 0) is 14.3 Å². The van der Waals surface area contributed by atoms with Gasteiger partial charge in [-0.15, -0.1) is 0 Å². The molecular formula is C32H38BrNO7. The van der Waals surface area contributed by atoms with Crippen molar-refractivity contribution in [3.8, 4) is 23.0 Å². The van der Waals surface area contributed by atoms with E-state index in [4.69, 9.17) is 28.7 Å². The van der Waals surface area contributed by atoms with Crippen LogP contribution in [0.3, 0.4) is 0 Å². The first-order valence-corrected chi connectivity index (χ1v) is 14.8. The summed E-state index contributed by atoms with van der Waals surface area (Å²) < 4.78 is 28.7. The molecule has 0 bridgehead atoms. The summed E-state index contributed by atoms with van der Waals surface area (Å²) >= 11 is 3.61. The van der Waals surface area contributed by atoms with Gasteiger partial charge in [-0.2, -0.15) is 0 Å². The predicted octanol–water partition coefficient (Wildman–Crippen LogP) is 6.79. The van der Waals surface area contributed by atoms with E-state index in [1.165, 1.54) is 0 Å². The number of allylic oxidation sites excluding steroid dienone is 2. The summed E-state index contributed by atoms with van der Waals surface area (Å²) in [6.07, 6.45) is 2.51. The van der Waals surface area contributed by atoms with Crippen LogP contribution in [0, 0.1) is 5.92 Å². The lowest BCUT2D eigenvalue weighted by Gasteiger charge is -2.37. The normalized spacial score (nSPS) is 20.2. The highest BCUT2D eigenvalue weighted by Crippen LogP contribution is 2.49. The van der Waals surface area contributed by atoms with Crippen LogP contribution in [-0.4, -0.2) is 52.0 Å². The number of aliphatic imine (C=N–C) groups is 1. The molecule has 2 aliphatic rings. The number of halogens is 1. The Morgan fingerprint density at radius 2 is 1.71 bits per heavy atom. The van der Waals surface area contributed by atoms with E-state index in [9.17, 15) is 9.59 Å². The van der Waals surface area contributed by atoms with E-state index >= 15 is 0 Å². The molecule has 1 aliphatic carbocycles. The first-order valence-electron chi connectivity index (χ1n) is 14.0. The average Bonchev–Trinajstić information content (AvgIpc) is 2.96. The van der Waals surface area contributed by atoms with E-state index in [1.807, 2.05) is 51.1 Å². The summed E-state index contributed by atoms with van der Waals surface area (Å²) in [5.74, 6) is 0.512. The van der Waals surface area contributed by atoms with Crippen molar-refractivity contribution in [2.45, 2.75) is 58.3 Å². The maximum absolute atomic E-state index is 14.0. The van der Waals surface area contributed by atoms with Crippen molar-refractivity contribution in [1.82, 2.24) is 0 Å². The van der Waals surface area contributed by atoms with Gasteiger partial charge in [-0.05, 0) is 83.9 Å². The molecule has 0 saturated heterocycles. The van der Waals surface area contributed by atoms with E-state index in [1.54, 1.807) is 21.3 Å². The second-order valence-electron chi connectivity index (χ2n) is 10.2. The summed E-state index contributed by atoms with van der Waals surface area (Å²) in [6.45, 7) is 6.53. The third kappa shape index (κ3) is 6.30. The zero-order valence-corrected chi connectivity index (χ0v) is 26.1. The Labute approximate surface area is 250 Å². The predicted molar refractivity (Wildman–Crippen MR) is 161 cm³/mol. The Kier molecular flexibility index (Phi) is 10.1. The van der Waals surface area contributed by atoms with Crippen LogP contribution in [0.15, 0.2) is 51.1 Å². The first kappa shape index (κ1) is 30.6. The number of Topliss-reactive ketones (excluding diaryl/α,β-unsaturated/α-hetero) is 1. The maximum Gasteiger partial charge on any atom is 0.315 e. The van der Waals surface area contributed by atoms with Crippen molar-refractivity contribution in [3.63, 3.8) is 0 Å². The summed E-state index contributed by atoms with van der Waals surface area (Å²) in [5, 5.41) is 0. The number of unbranched alkanes of at least 4 members (excludes halogenated alkanes) is 1. The fourth-order valence-corrected chi connectivity index (χ4v) is 6.32. The molecule has 0 radical (unpaired) electrons. The van der Waals surface area contributed by atoms with Gasteiger partial charge in [0, 0.05) is 29.3 Å². The second-order valence-corrected chi connectivity index (χ2v) is 11.1. The highest BCUT2D eigenvalue weighted by atomic mass is 79.9. The molecule has 2 aromatic carbocycles. The number of benzene rings is 2.